The Balaban J connectivity index is 1.15. The molecule has 2 aliphatic rings. The number of ether oxygens (including phenoxy) is 1. The van der Waals surface area contributed by atoms with Crippen LogP contribution < -0.4 is 10.1 Å². The number of likely N-dealkylation sites (tertiary alicyclic amines) is 1. The molecule has 1 fully saturated rings. The summed E-state index contributed by atoms with van der Waals surface area (Å²) in [5.41, 5.74) is 2.59. The number of hydrogen-bond donors (Lipinski definition) is 2. The number of aromatic nitrogens is 1. The first-order valence-corrected chi connectivity index (χ1v) is 11.9. The van der Waals surface area contributed by atoms with Gasteiger partial charge in [0.05, 0.1) is 5.69 Å². The monoisotopic (exact) mass is 467 g/mol. The van der Waals surface area contributed by atoms with Crippen molar-refractivity contribution in [2.75, 3.05) is 18.4 Å². The molecule has 1 unspecified atom stereocenters. The highest BCUT2D eigenvalue weighted by atomic mass is 16.5. The van der Waals surface area contributed by atoms with Gasteiger partial charge in [-0.2, -0.15) is 0 Å². The molecule has 0 radical (unpaired) electrons. The minimum atomic E-state index is -0.554. The number of H-pyrrole nitrogens is 1. The van der Waals surface area contributed by atoms with E-state index in [-0.39, 0.29) is 23.5 Å². The molecule has 176 valence electrons. The third-order valence-corrected chi connectivity index (χ3v) is 7.11. The van der Waals surface area contributed by atoms with Gasteiger partial charge in [-0.15, -0.1) is 0 Å². The summed E-state index contributed by atoms with van der Waals surface area (Å²) >= 11 is 0. The predicted molar refractivity (Wildman–Crippen MR) is 134 cm³/mol. The Morgan fingerprint density at radius 2 is 1.77 bits per heavy atom. The number of Topliss-reactive ketones (excluding diaryl/α,β-unsaturated/α-hetero) is 1. The molecule has 3 heterocycles. The number of amides is 2. The molecule has 6 rings (SSSR count). The molecule has 1 aromatic heterocycles. The van der Waals surface area contributed by atoms with Crippen LogP contribution in [0.4, 0.5) is 5.69 Å². The second-order valence-corrected chi connectivity index (χ2v) is 9.32. The summed E-state index contributed by atoms with van der Waals surface area (Å²) in [6.45, 7) is 2.73. The number of hydrogen-bond acceptors (Lipinski definition) is 4. The van der Waals surface area contributed by atoms with Gasteiger partial charge in [0.1, 0.15) is 11.4 Å². The fourth-order valence-electron chi connectivity index (χ4n) is 5.11. The fraction of sp³-hybridized carbons (Fsp3) is 0.250. The molecule has 7 heteroatoms. The van der Waals surface area contributed by atoms with E-state index in [9.17, 15) is 14.4 Å². The Bertz CT molecular complexity index is 1500. The van der Waals surface area contributed by atoms with Crippen molar-refractivity contribution in [1.29, 1.82) is 0 Å². The molecular weight excluding hydrogens is 442 g/mol. The number of carbonyl (C=O) groups is 3. The standard InChI is InChI=1S/C28H25N3O4/c1-16-27(33)30-23-14-19(7-9-25(23)35-16)26(32)18-10-12-31(13-11-18)28(34)24-15-21-20-5-3-2-4-17(20)6-8-22(21)29-24/h2-9,14-16,18,29H,10-13H2,1H3,(H,30,33). The van der Waals surface area contributed by atoms with Gasteiger partial charge in [0.25, 0.3) is 11.8 Å². The maximum absolute atomic E-state index is 13.2. The van der Waals surface area contributed by atoms with E-state index >= 15 is 0 Å². The molecule has 2 aliphatic heterocycles. The third kappa shape index (κ3) is 3.73. The molecule has 0 saturated carbocycles. The summed E-state index contributed by atoms with van der Waals surface area (Å²) in [5, 5.41) is 6.09. The van der Waals surface area contributed by atoms with Crippen LogP contribution in [0.5, 0.6) is 5.75 Å². The fourth-order valence-corrected chi connectivity index (χ4v) is 5.11. The summed E-state index contributed by atoms with van der Waals surface area (Å²) in [7, 11) is 0. The van der Waals surface area contributed by atoms with Gasteiger partial charge < -0.3 is 19.9 Å². The summed E-state index contributed by atoms with van der Waals surface area (Å²) in [6, 6.07) is 19.3. The average Bonchev–Trinajstić information content (AvgIpc) is 3.33. The van der Waals surface area contributed by atoms with Crippen molar-refractivity contribution in [2.24, 2.45) is 5.92 Å². The van der Waals surface area contributed by atoms with E-state index in [0.29, 0.717) is 48.6 Å². The zero-order valence-corrected chi connectivity index (χ0v) is 19.3. The first-order valence-electron chi connectivity index (χ1n) is 11.9. The van der Waals surface area contributed by atoms with Crippen LogP contribution in [0.1, 0.15) is 40.6 Å². The van der Waals surface area contributed by atoms with Gasteiger partial charge in [0.2, 0.25) is 0 Å². The number of fused-ring (bicyclic) bond motifs is 4. The predicted octanol–water partition coefficient (Wildman–Crippen LogP) is 4.78. The van der Waals surface area contributed by atoms with Crippen molar-refractivity contribution in [2.45, 2.75) is 25.9 Å². The second kappa shape index (κ2) is 8.27. The zero-order valence-electron chi connectivity index (χ0n) is 19.3. The maximum Gasteiger partial charge on any atom is 0.270 e. The van der Waals surface area contributed by atoms with E-state index in [4.69, 9.17) is 4.74 Å². The van der Waals surface area contributed by atoms with Crippen LogP contribution in [0.25, 0.3) is 21.7 Å². The van der Waals surface area contributed by atoms with Crippen molar-refractivity contribution in [3.05, 3.63) is 71.9 Å². The number of aromatic amines is 1. The summed E-state index contributed by atoms with van der Waals surface area (Å²) in [4.78, 5) is 43.4. The number of rotatable bonds is 3. The van der Waals surface area contributed by atoms with E-state index in [1.807, 2.05) is 29.2 Å². The van der Waals surface area contributed by atoms with Crippen LogP contribution >= 0.6 is 0 Å². The molecular formula is C28H25N3O4. The highest BCUT2D eigenvalue weighted by Gasteiger charge is 2.30. The van der Waals surface area contributed by atoms with E-state index < -0.39 is 6.10 Å². The molecule has 2 amide bonds. The molecule has 0 spiro atoms. The number of carbonyl (C=O) groups excluding carboxylic acids is 3. The summed E-state index contributed by atoms with van der Waals surface area (Å²) in [5.74, 6) is 0.172. The van der Waals surface area contributed by atoms with Crippen LogP contribution in [0.2, 0.25) is 0 Å². The molecule has 1 saturated heterocycles. The molecule has 35 heavy (non-hydrogen) atoms. The third-order valence-electron chi connectivity index (χ3n) is 7.11. The lowest BCUT2D eigenvalue weighted by molar-refractivity contribution is -0.122. The first kappa shape index (κ1) is 21.4. The van der Waals surface area contributed by atoms with Crippen LogP contribution in [0, 0.1) is 5.92 Å². The van der Waals surface area contributed by atoms with Crippen LogP contribution in [-0.2, 0) is 4.79 Å². The van der Waals surface area contributed by atoms with E-state index in [1.54, 1.807) is 25.1 Å². The molecule has 4 aromatic rings. The van der Waals surface area contributed by atoms with Gasteiger partial charge in [-0.1, -0.05) is 30.3 Å². The number of nitrogens with one attached hydrogen (secondary N) is 2. The molecule has 7 nitrogen and oxygen atoms in total. The Kier molecular flexibility index (Phi) is 5.06. The number of ketones is 1. The van der Waals surface area contributed by atoms with Crippen LogP contribution in [-0.4, -0.2) is 46.7 Å². The Hall–Kier alpha value is -4.13. The Labute approximate surface area is 202 Å². The highest BCUT2D eigenvalue weighted by molar-refractivity contribution is 6.10. The SMILES string of the molecule is CC1Oc2ccc(C(=O)C3CCN(C(=O)c4cc5c(ccc6ccccc65)[nH]4)CC3)cc2NC1=O. The van der Waals surface area contributed by atoms with Gasteiger partial charge in [-0.05, 0) is 60.9 Å². The molecule has 3 aromatic carbocycles. The van der Waals surface area contributed by atoms with E-state index in [1.165, 1.54) is 0 Å². The maximum atomic E-state index is 13.2. The van der Waals surface area contributed by atoms with Crippen molar-refractivity contribution >= 4 is 45.0 Å². The van der Waals surface area contributed by atoms with Crippen LogP contribution in [0.3, 0.4) is 0 Å². The van der Waals surface area contributed by atoms with Gasteiger partial charge in [-0.25, -0.2) is 0 Å². The summed E-state index contributed by atoms with van der Waals surface area (Å²) < 4.78 is 5.58. The normalized spacial score (nSPS) is 18.3. The van der Waals surface area contributed by atoms with Crippen molar-refractivity contribution in [3.63, 3.8) is 0 Å². The largest absolute Gasteiger partial charge is 0.479 e. The Morgan fingerprint density at radius 1 is 0.971 bits per heavy atom. The minimum absolute atomic E-state index is 0.0323. The number of anilines is 1. The number of benzene rings is 3. The van der Waals surface area contributed by atoms with Gasteiger partial charge >= 0.3 is 0 Å². The minimum Gasteiger partial charge on any atom is -0.479 e. The van der Waals surface area contributed by atoms with Crippen molar-refractivity contribution < 1.29 is 19.1 Å². The second-order valence-electron chi connectivity index (χ2n) is 9.32. The lowest BCUT2D eigenvalue weighted by atomic mass is 9.88. The Morgan fingerprint density at radius 3 is 2.60 bits per heavy atom. The first-order chi connectivity index (χ1) is 17.0. The lowest BCUT2D eigenvalue weighted by Crippen LogP contribution is -2.40. The average molecular weight is 468 g/mol. The molecule has 2 N–H and O–H groups in total. The van der Waals surface area contributed by atoms with E-state index in [0.717, 1.165) is 21.7 Å². The molecule has 0 aliphatic carbocycles. The molecule has 1 atom stereocenters. The van der Waals surface area contributed by atoms with Gasteiger partial charge in [0.15, 0.2) is 11.9 Å². The smallest absolute Gasteiger partial charge is 0.270 e. The van der Waals surface area contributed by atoms with Crippen molar-refractivity contribution in [3.8, 4) is 5.75 Å². The van der Waals surface area contributed by atoms with Crippen LogP contribution in [0.15, 0.2) is 60.7 Å². The zero-order chi connectivity index (χ0) is 24.1. The van der Waals surface area contributed by atoms with Crippen molar-refractivity contribution in [1.82, 2.24) is 9.88 Å². The summed E-state index contributed by atoms with van der Waals surface area (Å²) in [6.07, 6.45) is 0.650. The number of piperidine rings is 1. The topological polar surface area (TPSA) is 91.5 Å². The van der Waals surface area contributed by atoms with Gasteiger partial charge in [-0.3, -0.25) is 14.4 Å². The lowest BCUT2D eigenvalue weighted by Gasteiger charge is -2.31. The van der Waals surface area contributed by atoms with Gasteiger partial charge in [0, 0.05) is 35.5 Å². The highest BCUT2D eigenvalue weighted by Crippen LogP contribution is 2.33. The van der Waals surface area contributed by atoms with E-state index in [2.05, 4.69) is 28.5 Å². The number of nitrogens with zero attached hydrogens (tertiary/aromatic N) is 1. The molecule has 0 bridgehead atoms. The quantitative estimate of drug-likeness (QED) is 0.425.